The van der Waals surface area contributed by atoms with Crippen LogP contribution in [0, 0.1) is 0 Å². The van der Waals surface area contributed by atoms with Crippen molar-refractivity contribution >= 4 is 17.8 Å². The molecule has 0 amide bonds. The van der Waals surface area contributed by atoms with Crippen molar-refractivity contribution in [3.63, 3.8) is 0 Å². The van der Waals surface area contributed by atoms with Crippen LogP contribution in [0.5, 0.6) is 0 Å². The molecule has 22 heavy (non-hydrogen) atoms. The normalized spacial score (nSPS) is 15.8. The minimum atomic E-state index is 0.623. The van der Waals surface area contributed by atoms with Crippen LogP contribution in [0.1, 0.15) is 32.8 Å². The molecule has 1 aliphatic heterocycles. The molecule has 5 heteroatoms. The molecule has 0 saturated carbocycles. The Balaban J connectivity index is 2.07. The highest BCUT2D eigenvalue weighted by atomic mass is 32.2. The second kappa shape index (κ2) is 7.94. The van der Waals surface area contributed by atoms with E-state index in [0.717, 1.165) is 24.6 Å². The zero-order valence-electron chi connectivity index (χ0n) is 13.6. The van der Waals surface area contributed by atoms with Gasteiger partial charge in [-0.3, -0.25) is 4.31 Å². The van der Waals surface area contributed by atoms with E-state index >= 15 is 0 Å². The fraction of sp³-hybridized carbons (Fsp3) is 0.353. The van der Waals surface area contributed by atoms with Gasteiger partial charge in [-0.15, -0.1) is 0 Å². The fourth-order valence-corrected chi connectivity index (χ4v) is 3.07. The maximum atomic E-state index is 5.83. The first-order valence-electron chi connectivity index (χ1n) is 7.47. The SMILES string of the molecule is C/C=C(\N=C(C)N1Cc2ccccc2S1)O/C(=C/NC)CC. The highest BCUT2D eigenvalue weighted by Crippen LogP contribution is 2.35. The van der Waals surface area contributed by atoms with Crippen molar-refractivity contribution in [3.8, 4) is 0 Å². The van der Waals surface area contributed by atoms with Gasteiger partial charge < -0.3 is 10.1 Å². The Morgan fingerprint density at radius 3 is 2.86 bits per heavy atom. The predicted molar refractivity (Wildman–Crippen MR) is 93.2 cm³/mol. The van der Waals surface area contributed by atoms with E-state index in [1.807, 2.05) is 33.2 Å². The van der Waals surface area contributed by atoms with E-state index in [0.29, 0.717) is 5.88 Å². The molecule has 0 atom stereocenters. The molecule has 1 aliphatic rings. The van der Waals surface area contributed by atoms with Crippen LogP contribution in [-0.4, -0.2) is 17.2 Å². The molecule has 0 radical (unpaired) electrons. The molecule has 0 spiro atoms. The van der Waals surface area contributed by atoms with Crippen LogP contribution in [0.15, 0.2) is 58.1 Å². The fourth-order valence-electron chi connectivity index (χ4n) is 2.07. The first-order valence-corrected chi connectivity index (χ1v) is 8.24. The van der Waals surface area contributed by atoms with E-state index in [1.54, 1.807) is 11.9 Å². The minimum absolute atomic E-state index is 0.623. The molecule has 118 valence electrons. The van der Waals surface area contributed by atoms with E-state index in [4.69, 9.17) is 4.74 Å². The molecule has 1 aromatic carbocycles. The van der Waals surface area contributed by atoms with E-state index in [1.165, 1.54) is 10.5 Å². The highest BCUT2D eigenvalue weighted by Gasteiger charge is 2.20. The largest absolute Gasteiger partial charge is 0.442 e. The Morgan fingerprint density at radius 1 is 1.45 bits per heavy atom. The van der Waals surface area contributed by atoms with Crippen molar-refractivity contribution in [1.29, 1.82) is 0 Å². The van der Waals surface area contributed by atoms with Gasteiger partial charge in [-0.25, -0.2) is 0 Å². The molecule has 1 aromatic rings. The monoisotopic (exact) mass is 317 g/mol. The second-order valence-electron chi connectivity index (χ2n) is 4.88. The number of nitrogens with zero attached hydrogens (tertiary/aromatic N) is 2. The molecule has 0 aromatic heterocycles. The summed E-state index contributed by atoms with van der Waals surface area (Å²) in [5.74, 6) is 2.43. The summed E-state index contributed by atoms with van der Waals surface area (Å²) in [4.78, 5) is 5.92. The maximum absolute atomic E-state index is 5.83. The quantitative estimate of drug-likeness (QED) is 0.381. The van der Waals surface area contributed by atoms with E-state index < -0.39 is 0 Å². The van der Waals surface area contributed by atoms with Gasteiger partial charge in [0.05, 0.1) is 6.54 Å². The molecule has 0 aliphatic carbocycles. The lowest BCUT2D eigenvalue weighted by atomic mass is 10.2. The first-order chi connectivity index (χ1) is 10.7. The summed E-state index contributed by atoms with van der Waals surface area (Å²) in [6.07, 6.45) is 4.56. The lowest BCUT2D eigenvalue weighted by molar-refractivity contribution is 0.287. The smallest absolute Gasteiger partial charge is 0.216 e. The van der Waals surface area contributed by atoms with E-state index in [2.05, 4.69) is 45.8 Å². The van der Waals surface area contributed by atoms with Gasteiger partial charge in [-0.2, -0.15) is 4.99 Å². The summed E-state index contributed by atoms with van der Waals surface area (Å²) >= 11 is 1.72. The third kappa shape index (κ3) is 4.07. The molecule has 4 nitrogen and oxygen atoms in total. The highest BCUT2D eigenvalue weighted by molar-refractivity contribution is 7.97. The molecule has 1 heterocycles. The number of ether oxygens (including phenoxy) is 1. The summed E-state index contributed by atoms with van der Waals surface area (Å²) in [5.41, 5.74) is 1.34. The van der Waals surface area contributed by atoms with Gasteiger partial charge in [0.2, 0.25) is 5.88 Å². The Morgan fingerprint density at radius 2 is 2.23 bits per heavy atom. The summed E-state index contributed by atoms with van der Waals surface area (Å²) in [5, 5.41) is 2.99. The summed E-state index contributed by atoms with van der Waals surface area (Å²) in [7, 11) is 1.86. The number of fused-ring (bicyclic) bond motifs is 1. The average Bonchev–Trinajstić information content (AvgIpc) is 2.97. The molecule has 0 fully saturated rings. The number of benzene rings is 1. The third-order valence-corrected chi connectivity index (χ3v) is 4.47. The molecule has 2 rings (SSSR count). The second-order valence-corrected chi connectivity index (χ2v) is 5.94. The topological polar surface area (TPSA) is 36.9 Å². The lowest BCUT2D eigenvalue weighted by Gasteiger charge is -2.16. The number of nitrogens with one attached hydrogen (secondary N) is 1. The molecule has 1 N–H and O–H groups in total. The van der Waals surface area contributed by atoms with Gasteiger partial charge in [0, 0.05) is 24.6 Å². The number of rotatable bonds is 5. The zero-order valence-corrected chi connectivity index (χ0v) is 14.4. The molecular formula is C17H23N3OS. The standard InChI is InChI=1S/C17H23N3OS/c1-5-15(11-18-4)21-17(6-2)19-13(3)20-12-14-9-7-8-10-16(14)22-20/h6-11,18H,5,12H2,1-4H3/b15-11+,17-6+,19-13?. The summed E-state index contributed by atoms with van der Waals surface area (Å²) in [6, 6.07) is 8.45. The van der Waals surface area contributed by atoms with Gasteiger partial charge in [0.25, 0.3) is 0 Å². The molecular weight excluding hydrogens is 294 g/mol. The molecule has 0 unspecified atom stereocenters. The average molecular weight is 317 g/mol. The van der Waals surface area contributed by atoms with Gasteiger partial charge in [0.15, 0.2) is 0 Å². The molecule has 0 saturated heterocycles. The van der Waals surface area contributed by atoms with Crippen molar-refractivity contribution < 1.29 is 4.74 Å². The van der Waals surface area contributed by atoms with Crippen molar-refractivity contribution in [3.05, 3.63) is 53.7 Å². The van der Waals surface area contributed by atoms with Crippen molar-refractivity contribution in [2.45, 2.75) is 38.6 Å². The summed E-state index contributed by atoms with van der Waals surface area (Å²) < 4.78 is 8.02. The number of aliphatic imine (C=N–C) groups is 1. The van der Waals surface area contributed by atoms with Gasteiger partial charge in [0.1, 0.15) is 11.6 Å². The van der Waals surface area contributed by atoms with Gasteiger partial charge in [-0.05, 0) is 43.5 Å². The summed E-state index contributed by atoms with van der Waals surface area (Å²) in [6.45, 7) is 6.88. The number of amidine groups is 1. The number of hydrogen-bond acceptors (Lipinski definition) is 4. The Labute approximate surface area is 137 Å². The molecule has 0 bridgehead atoms. The zero-order chi connectivity index (χ0) is 15.9. The minimum Gasteiger partial charge on any atom is -0.442 e. The Kier molecular flexibility index (Phi) is 5.95. The maximum Gasteiger partial charge on any atom is 0.216 e. The van der Waals surface area contributed by atoms with Crippen molar-refractivity contribution in [1.82, 2.24) is 9.62 Å². The van der Waals surface area contributed by atoms with Crippen LogP contribution in [-0.2, 0) is 11.3 Å². The van der Waals surface area contributed by atoms with Crippen LogP contribution in [0.4, 0.5) is 0 Å². The van der Waals surface area contributed by atoms with Crippen molar-refractivity contribution in [2.75, 3.05) is 7.05 Å². The first kappa shape index (κ1) is 16.5. The number of hydrogen-bond donors (Lipinski definition) is 1. The van der Waals surface area contributed by atoms with Gasteiger partial charge in [-0.1, -0.05) is 25.1 Å². The van der Waals surface area contributed by atoms with Crippen LogP contribution in [0.3, 0.4) is 0 Å². The van der Waals surface area contributed by atoms with Crippen LogP contribution < -0.4 is 5.32 Å². The van der Waals surface area contributed by atoms with Crippen LogP contribution in [0.2, 0.25) is 0 Å². The van der Waals surface area contributed by atoms with E-state index in [9.17, 15) is 0 Å². The Bertz CT molecular complexity index is 583. The third-order valence-electron chi connectivity index (χ3n) is 3.26. The van der Waals surface area contributed by atoms with Crippen LogP contribution >= 0.6 is 11.9 Å². The Hall–Kier alpha value is -1.88. The number of allylic oxidation sites excluding steroid dienone is 2. The van der Waals surface area contributed by atoms with E-state index in [-0.39, 0.29) is 0 Å². The predicted octanol–water partition coefficient (Wildman–Crippen LogP) is 4.28. The van der Waals surface area contributed by atoms with Crippen molar-refractivity contribution in [2.24, 2.45) is 4.99 Å². The lowest BCUT2D eigenvalue weighted by Crippen LogP contribution is -2.17. The van der Waals surface area contributed by atoms with Gasteiger partial charge >= 0.3 is 0 Å². The van der Waals surface area contributed by atoms with Crippen LogP contribution in [0.25, 0.3) is 0 Å².